The van der Waals surface area contributed by atoms with Crippen molar-refractivity contribution in [3.63, 3.8) is 0 Å². The Morgan fingerprint density at radius 3 is 2.71 bits per heavy atom. The van der Waals surface area contributed by atoms with Crippen molar-refractivity contribution >= 4 is 15.9 Å². The summed E-state index contributed by atoms with van der Waals surface area (Å²) >= 11 is 2.88. The number of aromatic hydroxyl groups is 1. The van der Waals surface area contributed by atoms with Crippen LogP contribution >= 0.6 is 15.9 Å². The summed E-state index contributed by atoms with van der Waals surface area (Å²) in [4.78, 5) is 3.76. The molecule has 0 bridgehead atoms. The van der Waals surface area contributed by atoms with Crippen LogP contribution in [-0.2, 0) is 6.54 Å². The fourth-order valence-corrected chi connectivity index (χ4v) is 1.60. The molecule has 1 heterocycles. The quantitative estimate of drug-likeness (QED) is 0.828. The van der Waals surface area contributed by atoms with E-state index in [0.29, 0.717) is 0 Å². The lowest BCUT2D eigenvalue weighted by atomic mass is 10.2. The van der Waals surface area contributed by atoms with Crippen molar-refractivity contribution in [2.24, 2.45) is 5.73 Å². The summed E-state index contributed by atoms with van der Waals surface area (Å²) < 4.78 is 31.5. The first-order valence-corrected chi connectivity index (χ1v) is 5.23. The number of benzene rings is 1. The number of nitrogens with two attached hydrogens (primary N) is 1. The summed E-state index contributed by atoms with van der Waals surface area (Å²) in [7, 11) is 0. The predicted molar refractivity (Wildman–Crippen MR) is 56.9 cm³/mol. The molecular weight excluding hydrogens is 300 g/mol. The van der Waals surface area contributed by atoms with E-state index in [4.69, 9.17) is 10.8 Å². The van der Waals surface area contributed by atoms with Gasteiger partial charge in [-0.1, -0.05) is 5.16 Å². The SMILES string of the molecule is NCc1nc(-c2cc(Br)c(O)c(F)c2F)no1. The van der Waals surface area contributed by atoms with Gasteiger partial charge in [-0.05, 0) is 22.0 Å². The number of hydrogen-bond donors (Lipinski definition) is 2. The third kappa shape index (κ3) is 2.01. The molecule has 1 aromatic heterocycles. The van der Waals surface area contributed by atoms with E-state index in [0.717, 1.165) is 6.07 Å². The normalized spacial score (nSPS) is 10.8. The van der Waals surface area contributed by atoms with Gasteiger partial charge in [0.2, 0.25) is 17.5 Å². The van der Waals surface area contributed by atoms with E-state index in [-0.39, 0.29) is 28.3 Å². The number of hydrogen-bond acceptors (Lipinski definition) is 5. The molecule has 0 saturated carbocycles. The first kappa shape index (κ1) is 11.9. The Bertz CT molecular complexity index is 574. The van der Waals surface area contributed by atoms with Gasteiger partial charge in [0.15, 0.2) is 11.6 Å². The smallest absolute Gasteiger partial charge is 0.240 e. The second kappa shape index (κ2) is 4.38. The molecule has 2 rings (SSSR count). The third-order valence-corrected chi connectivity index (χ3v) is 2.62. The molecule has 2 aromatic rings. The molecule has 1 aromatic carbocycles. The molecule has 0 amide bonds. The molecular formula is C9H6BrF2N3O2. The Balaban J connectivity index is 2.59. The first-order chi connectivity index (χ1) is 8.04. The molecule has 90 valence electrons. The molecule has 8 heteroatoms. The lowest BCUT2D eigenvalue weighted by molar-refractivity contribution is 0.379. The Kier molecular flexibility index (Phi) is 3.07. The van der Waals surface area contributed by atoms with Crippen molar-refractivity contribution in [2.45, 2.75) is 6.54 Å². The van der Waals surface area contributed by atoms with Gasteiger partial charge in [0.25, 0.3) is 0 Å². The molecule has 5 nitrogen and oxygen atoms in total. The molecule has 0 unspecified atom stereocenters. The summed E-state index contributed by atoms with van der Waals surface area (Å²) in [6.07, 6.45) is 0. The Labute approximate surface area is 102 Å². The van der Waals surface area contributed by atoms with Crippen LogP contribution in [0.3, 0.4) is 0 Å². The fraction of sp³-hybridized carbons (Fsp3) is 0.111. The average molecular weight is 306 g/mol. The predicted octanol–water partition coefficient (Wildman–Crippen LogP) is 1.94. The highest BCUT2D eigenvalue weighted by atomic mass is 79.9. The number of halogens is 3. The summed E-state index contributed by atoms with van der Waals surface area (Å²) in [5, 5.41) is 12.6. The number of nitrogens with zero attached hydrogens (tertiary/aromatic N) is 2. The largest absolute Gasteiger partial charge is 0.504 e. The van der Waals surface area contributed by atoms with Gasteiger partial charge < -0.3 is 15.4 Å². The van der Waals surface area contributed by atoms with Crippen molar-refractivity contribution in [2.75, 3.05) is 0 Å². The van der Waals surface area contributed by atoms with Gasteiger partial charge in [-0.25, -0.2) is 4.39 Å². The first-order valence-electron chi connectivity index (χ1n) is 4.44. The zero-order valence-electron chi connectivity index (χ0n) is 8.25. The zero-order valence-corrected chi connectivity index (χ0v) is 9.83. The lowest BCUT2D eigenvalue weighted by Crippen LogP contribution is -1.97. The molecule has 0 aliphatic carbocycles. The minimum Gasteiger partial charge on any atom is -0.504 e. The summed E-state index contributed by atoms with van der Waals surface area (Å²) in [6.45, 7) is -0.00362. The van der Waals surface area contributed by atoms with Crippen molar-refractivity contribution < 1.29 is 18.4 Å². The van der Waals surface area contributed by atoms with Gasteiger partial charge in [-0.2, -0.15) is 9.37 Å². The Hall–Kier alpha value is -1.54. The van der Waals surface area contributed by atoms with Crippen LogP contribution < -0.4 is 5.73 Å². The second-order valence-electron chi connectivity index (χ2n) is 3.10. The molecule has 3 N–H and O–H groups in total. The molecule has 0 radical (unpaired) electrons. The number of phenolic OH excluding ortho intramolecular Hbond substituents is 1. The molecule has 0 aliphatic heterocycles. The van der Waals surface area contributed by atoms with Crippen LogP contribution in [-0.4, -0.2) is 15.2 Å². The van der Waals surface area contributed by atoms with E-state index in [2.05, 4.69) is 30.6 Å². The van der Waals surface area contributed by atoms with Gasteiger partial charge in [0.05, 0.1) is 16.6 Å². The summed E-state index contributed by atoms with van der Waals surface area (Å²) in [5.41, 5.74) is 5.02. The average Bonchev–Trinajstić information content (AvgIpc) is 2.79. The molecule has 0 aliphatic rings. The minimum atomic E-state index is -1.38. The van der Waals surface area contributed by atoms with Crippen molar-refractivity contribution in [1.82, 2.24) is 10.1 Å². The fourth-order valence-electron chi connectivity index (χ4n) is 1.20. The maximum absolute atomic E-state index is 13.5. The van der Waals surface area contributed by atoms with E-state index in [1.165, 1.54) is 0 Å². The van der Waals surface area contributed by atoms with Crippen LogP contribution in [0.1, 0.15) is 5.89 Å². The second-order valence-corrected chi connectivity index (χ2v) is 3.95. The van der Waals surface area contributed by atoms with E-state index in [9.17, 15) is 8.78 Å². The Morgan fingerprint density at radius 1 is 1.41 bits per heavy atom. The third-order valence-electron chi connectivity index (χ3n) is 2.02. The van der Waals surface area contributed by atoms with Gasteiger partial charge in [-0.3, -0.25) is 0 Å². The van der Waals surface area contributed by atoms with E-state index in [1.807, 2.05) is 0 Å². The van der Waals surface area contributed by atoms with E-state index < -0.39 is 17.4 Å². The number of phenols is 1. The topological polar surface area (TPSA) is 85.2 Å². The summed E-state index contributed by atoms with van der Waals surface area (Å²) in [6, 6.07) is 1.15. The Morgan fingerprint density at radius 2 is 2.12 bits per heavy atom. The minimum absolute atomic E-state index is 0.00362. The number of aromatic nitrogens is 2. The van der Waals surface area contributed by atoms with Crippen molar-refractivity contribution in [1.29, 1.82) is 0 Å². The lowest BCUT2D eigenvalue weighted by Gasteiger charge is -2.03. The highest BCUT2D eigenvalue weighted by Gasteiger charge is 2.21. The molecule has 0 atom stereocenters. The molecule has 0 fully saturated rings. The van der Waals surface area contributed by atoms with Gasteiger partial charge in [0.1, 0.15) is 0 Å². The van der Waals surface area contributed by atoms with Crippen molar-refractivity contribution in [3.8, 4) is 17.1 Å². The van der Waals surface area contributed by atoms with Gasteiger partial charge in [-0.15, -0.1) is 0 Å². The molecule has 0 spiro atoms. The number of rotatable bonds is 2. The highest BCUT2D eigenvalue weighted by Crippen LogP contribution is 2.34. The van der Waals surface area contributed by atoms with Crippen LogP contribution in [0.2, 0.25) is 0 Å². The van der Waals surface area contributed by atoms with E-state index in [1.54, 1.807) is 0 Å². The van der Waals surface area contributed by atoms with E-state index >= 15 is 0 Å². The van der Waals surface area contributed by atoms with Crippen LogP contribution in [0.4, 0.5) is 8.78 Å². The maximum Gasteiger partial charge on any atom is 0.240 e. The van der Waals surface area contributed by atoms with Crippen LogP contribution in [0.15, 0.2) is 15.1 Å². The standard InChI is InChI=1S/C9H6BrF2N3O2/c10-4-1-3(6(11)7(12)8(4)16)9-14-5(2-13)17-15-9/h1,16H,2,13H2. The maximum atomic E-state index is 13.5. The van der Waals surface area contributed by atoms with Crippen LogP contribution in [0.5, 0.6) is 5.75 Å². The monoisotopic (exact) mass is 305 g/mol. The zero-order chi connectivity index (χ0) is 12.6. The van der Waals surface area contributed by atoms with Gasteiger partial charge >= 0.3 is 0 Å². The molecule has 17 heavy (non-hydrogen) atoms. The van der Waals surface area contributed by atoms with Gasteiger partial charge in [0, 0.05) is 0 Å². The molecule has 0 saturated heterocycles. The van der Waals surface area contributed by atoms with Crippen molar-refractivity contribution in [3.05, 3.63) is 28.1 Å². The highest BCUT2D eigenvalue weighted by molar-refractivity contribution is 9.10. The van der Waals surface area contributed by atoms with Crippen LogP contribution in [0, 0.1) is 11.6 Å². The van der Waals surface area contributed by atoms with Crippen LogP contribution in [0.25, 0.3) is 11.4 Å². The summed E-state index contributed by atoms with van der Waals surface area (Å²) in [5.74, 6) is -3.48.